The molecular weight excluding hydrogens is 230 g/mol. The SMILES string of the molecule is CCN(CC)CCC(CCc1cccs1)NN. The molecule has 17 heavy (non-hydrogen) atoms. The summed E-state index contributed by atoms with van der Waals surface area (Å²) in [5, 5.41) is 2.14. The van der Waals surface area contributed by atoms with Gasteiger partial charge in [-0.2, -0.15) is 0 Å². The number of hydrazine groups is 1. The lowest BCUT2D eigenvalue weighted by Gasteiger charge is -2.22. The van der Waals surface area contributed by atoms with Gasteiger partial charge in [0.25, 0.3) is 0 Å². The monoisotopic (exact) mass is 255 g/mol. The van der Waals surface area contributed by atoms with Crippen LogP contribution in [-0.4, -0.2) is 30.6 Å². The van der Waals surface area contributed by atoms with Crippen molar-refractivity contribution in [2.45, 2.75) is 39.2 Å². The topological polar surface area (TPSA) is 41.3 Å². The summed E-state index contributed by atoms with van der Waals surface area (Å²) in [6.45, 7) is 7.80. The van der Waals surface area contributed by atoms with E-state index in [1.165, 1.54) is 4.88 Å². The molecule has 0 aliphatic carbocycles. The average Bonchev–Trinajstić information content (AvgIpc) is 2.87. The van der Waals surface area contributed by atoms with Crippen molar-refractivity contribution >= 4 is 11.3 Å². The zero-order valence-corrected chi connectivity index (χ0v) is 11.8. The summed E-state index contributed by atoms with van der Waals surface area (Å²) < 4.78 is 0. The number of nitrogens with one attached hydrogen (secondary N) is 1. The third kappa shape index (κ3) is 5.64. The minimum atomic E-state index is 0.428. The summed E-state index contributed by atoms with van der Waals surface area (Å²) in [6.07, 6.45) is 3.38. The minimum Gasteiger partial charge on any atom is -0.304 e. The highest BCUT2D eigenvalue weighted by atomic mass is 32.1. The fourth-order valence-corrected chi connectivity index (χ4v) is 2.69. The van der Waals surface area contributed by atoms with Crippen molar-refractivity contribution in [2.75, 3.05) is 19.6 Å². The van der Waals surface area contributed by atoms with Crippen LogP contribution >= 0.6 is 11.3 Å². The van der Waals surface area contributed by atoms with Crippen LogP contribution in [0.4, 0.5) is 0 Å². The summed E-state index contributed by atoms with van der Waals surface area (Å²) in [6, 6.07) is 4.74. The number of nitrogens with two attached hydrogens (primary N) is 1. The molecule has 98 valence electrons. The molecule has 0 spiro atoms. The first-order valence-electron chi connectivity index (χ1n) is 6.51. The molecule has 1 rings (SSSR count). The highest BCUT2D eigenvalue weighted by Crippen LogP contribution is 2.13. The average molecular weight is 255 g/mol. The second kappa shape index (κ2) is 8.64. The Morgan fingerprint density at radius 1 is 1.35 bits per heavy atom. The normalized spacial score (nSPS) is 13.2. The molecule has 3 nitrogen and oxygen atoms in total. The molecule has 0 saturated carbocycles. The molecule has 1 aromatic heterocycles. The first-order chi connectivity index (χ1) is 8.30. The predicted molar refractivity (Wildman–Crippen MR) is 76.2 cm³/mol. The van der Waals surface area contributed by atoms with E-state index in [1.807, 2.05) is 11.3 Å². The molecule has 1 heterocycles. The standard InChI is InChI=1S/C13H25N3S/c1-3-16(4-2)10-9-12(15-14)7-8-13-6-5-11-17-13/h5-6,11-12,15H,3-4,7-10,14H2,1-2H3. The van der Waals surface area contributed by atoms with Crippen molar-refractivity contribution in [2.24, 2.45) is 5.84 Å². The lowest BCUT2D eigenvalue weighted by atomic mass is 10.1. The van der Waals surface area contributed by atoms with E-state index in [1.54, 1.807) is 0 Å². The van der Waals surface area contributed by atoms with E-state index in [2.05, 4.69) is 41.7 Å². The summed E-state index contributed by atoms with van der Waals surface area (Å²) in [5.41, 5.74) is 2.95. The molecule has 0 amide bonds. The van der Waals surface area contributed by atoms with Gasteiger partial charge >= 0.3 is 0 Å². The highest BCUT2D eigenvalue weighted by Gasteiger charge is 2.09. The van der Waals surface area contributed by atoms with E-state index >= 15 is 0 Å². The minimum absolute atomic E-state index is 0.428. The maximum absolute atomic E-state index is 5.62. The largest absolute Gasteiger partial charge is 0.304 e. The van der Waals surface area contributed by atoms with Crippen LogP contribution in [0.2, 0.25) is 0 Å². The van der Waals surface area contributed by atoms with Gasteiger partial charge in [-0.15, -0.1) is 11.3 Å². The van der Waals surface area contributed by atoms with Crippen LogP contribution in [0, 0.1) is 0 Å². The van der Waals surface area contributed by atoms with Gasteiger partial charge in [0.2, 0.25) is 0 Å². The molecule has 4 heteroatoms. The van der Waals surface area contributed by atoms with Gasteiger partial charge in [-0.25, -0.2) is 0 Å². The van der Waals surface area contributed by atoms with Gasteiger partial charge < -0.3 is 4.90 Å². The van der Waals surface area contributed by atoms with E-state index in [-0.39, 0.29) is 0 Å². The second-order valence-corrected chi connectivity index (χ2v) is 5.33. The Labute approximate surface area is 109 Å². The summed E-state index contributed by atoms with van der Waals surface area (Å²) in [7, 11) is 0. The Balaban J connectivity index is 2.23. The Morgan fingerprint density at radius 3 is 2.65 bits per heavy atom. The van der Waals surface area contributed by atoms with Crippen LogP contribution in [-0.2, 0) is 6.42 Å². The molecule has 0 radical (unpaired) electrons. The Hall–Kier alpha value is -0.420. The fourth-order valence-electron chi connectivity index (χ4n) is 1.96. The zero-order valence-electron chi connectivity index (χ0n) is 11.0. The van der Waals surface area contributed by atoms with Gasteiger partial charge in [0.1, 0.15) is 0 Å². The first kappa shape index (κ1) is 14.6. The van der Waals surface area contributed by atoms with Crippen LogP contribution in [0.25, 0.3) is 0 Å². The van der Waals surface area contributed by atoms with E-state index in [9.17, 15) is 0 Å². The van der Waals surface area contributed by atoms with Crippen molar-refractivity contribution in [3.63, 3.8) is 0 Å². The summed E-state index contributed by atoms with van der Waals surface area (Å²) >= 11 is 1.83. The van der Waals surface area contributed by atoms with Crippen LogP contribution in [0.3, 0.4) is 0 Å². The highest BCUT2D eigenvalue weighted by molar-refractivity contribution is 7.09. The number of nitrogens with zero attached hydrogens (tertiary/aromatic N) is 1. The quantitative estimate of drug-likeness (QED) is 0.525. The molecular formula is C13H25N3S. The molecule has 0 saturated heterocycles. The number of rotatable bonds is 9. The Morgan fingerprint density at radius 2 is 2.12 bits per heavy atom. The maximum Gasteiger partial charge on any atom is 0.0226 e. The smallest absolute Gasteiger partial charge is 0.0226 e. The fraction of sp³-hybridized carbons (Fsp3) is 0.692. The molecule has 0 fully saturated rings. The third-order valence-electron chi connectivity index (χ3n) is 3.24. The zero-order chi connectivity index (χ0) is 12.5. The molecule has 0 aliphatic heterocycles. The molecule has 0 aliphatic rings. The summed E-state index contributed by atoms with van der Waals surface area (Å²) in [5.74, 6) is 5.62. The van der Waals surface area contributed by atoms with Crippen molar-refractivity contribution in [3.05, 3.63) is 22.4 Å². The van der Waals surface area contributed by atoms with Crippen molar-refractivity contribution < 1.29 is 0 Å². The summed E-state index contributed by atoms with van der Waals surface area (Å²) in [4.78, 5) is 3.89. The molecule has 0 bridgehead atoms. The number of aryl methyl sites for hydroxylation is 1. The lowest BCUT2D eigenvalue weighted by molar-refractivity contribution is 0.278. The van der Waals surface area contributed by atoms with Crippen molar-refractivity contribution in [1.82, 2.24) is 10.3 Å². The van der Waals surface area contributed by atoms with Crippen LogP contribution in [0.5, 0.6) is 0 Å². The van der Waals surface area contributed by atoms with E-state index in [0.717, 1.165) is 38.9 Å². The van der Waals surface area contributed by atoms with Crippen LogP contribution < -0.4 is 11.3 Å². The van der Waals surface area contributed by atoms with Gasteiger partial charge in [-0.3, -0.25) is 11.3 Å². The number of thiophene rings is 1. The van der Waals surface area contributed by atoms with E-state index in [0.29, 0.717) is 6.04 Å². The maximum atomic E-state index is 5.62. The second-order valence-electron chi connectivity index (χ2n) is 4.30. The predicted octanol–water partition coefficient (Wildman–Crippen LogP) is 2.24. The third-order valence-corrected chi connectivity index (χ3v) is 4.18. The van der Waals surface area contributed by atoms with Crippen LogP contribution in [0.15, 0.2) is 17.5 Å². The lowest BCUT2D eigenvalue weighted by Crippen LogP contribution is -2.38. The molecule has 1 atom stereocenters. The molecule has 1 unspecified atom stereocenters. The van der Waals surface area contributed by atoms with Gasteiger partial charge in [-0.05, 0) is 50.3 Å². The van der Waals surface area contributed by atoms with E-state index < -0.39 is 0 Å². The molecule has 3 N–H and O–H groups in total. The van der Waals surface area contributed by atoms with Gasteiger partial charge in [0.15, 0.2) is 0 Å². The van der Waals surface area contributed by atoms with Crippen molar-refractivity contribution in [1.29, 1.82) is 0 Å². The first-order valence-corrected chi connectivity index (χ1v) is 7.39. The van der Waals surface area contributed by atoms with Gasteiger partial charge in [0.05, 0.1) is 0 Å². The van der Waals surface area contributed by atoms with E-state index in [4.69, 9.17) is 5.84 Å². The van der Waals surface area contributed by atoms with Gasteiger partial charge in [-0.1, -0.05) is 19.9 Å². The molecule has 0 aromatic carbocycles. The molecule has 1 aromatic rings. The van der Waals surface area contributed by atoms with Gasteiger partial charge in [0, 0.05) is 10.9 Å². The number of hydrogen-bond acceptors (Lipinski definition) is 4. The Bertz CT molecular complexity index is 270. The van der Waals surface area contributed by atoms with Crippen molar-refractivity contribution in [3.8, 4) is 0 Å². The number of hydrogen-bond donors (Lipinski definition) is 2. The Kier molecular flexibility index (Phi) is 7.44. The van der Waals surface area contributed by atoms with Crippen LogP contribution in [0.1, 0.15) is 31.6 Å².